The molecule has 0 aliphatic carbocycles. The average Bonchev–Trinajstić information content (AvgIpc) is 2.48. The molecule has 0 radical (unpaired) electrons. The van der Waals surface area contributed by atoms with Crippen molar-refractivity contribution < 1.29 is 13.6 Å². The summed E-state index contributed by atoms with van der Waals surface area (Å²) in [4.78, 5) is 11.1. The molecule has 0 saturated heterocycles. The van der Waals surface area contributed by atoms with Crippen LogP contribution in [0.25, 0.3) is 11.1 Å². The number of primary amides is 1. The van der Waals surface area contributed by atoms with Gasteiger partial charge in [-0.05, 0) is 37.4 Å². The fourth-order valence-electron chi connectivity index (χ4n) is 2.11. The monoisotopic (exact) mass is 305 g/mol. The molecule has 0 saturated carbocycles. The Labute approximate surface area is 127 Å². The summed E-state index contributed by atoms with van der Waals surface area (Å²) in [6.45, 7) is 1.24. The van der Waals surface area contributed by atoms with E-state index in [9.17, 15) is 13.6 Å². The fourth-order valence-corrected chi connectivity index (χ4v) is 2.11. The van der Waals surface area contributed by atoms with E-state index >= 15 is 0 Å². The number of nitrogens with two attached hydrogens (primary N) is 1. The zero-order valence-corrected chi connectivity index (χ0v) is 12.1. The number of likely N-dealkylation sites (N-methyl/N-ethyl adjacent to an activating group) is 1. The van der Waals surface area contributed by atoms with E-state index in [4.69, 9.17) is 5.73 Å². The summed E-state index contributed by atoms with van der Waals surface area (Å²) in [6.07, 6.45) is 0. The molecule has 2 aromatic rings. The van der Waals surface area contributed by atoms with Crippen molar-refractivity contribution >= 4 is 11.6 Å². The van der Waals surface area contributed by atoms with Crippen LogP contribution in [-0.4, -0.2) is 26.0 Å². The number of carbonyl (C=O) groups excluding carboxylic acids is 1. The zero-order chi connectivity index (χ0) is 16.1. The molecule has 4 nitrogen and oxygen atoms in total. The van der Waals surface area contributed by atoms with E-state index in [-0.39, 0.29) is 11.1 Å². The second kappa shape index (κ2) is 7.00. The summed E-state index contributed by atoms with van der Waals surface area (Å²) in [5.41, 5.74) is 6.50. The molecule has 116 valence electrons. The van der Waals surface area contributed by atoms with Gasteiger partial charge in [0.2, 0.25) is 5.91 Å². The number of anilines is 1. The molecule has 0 aromatic heterocycles. The molecular weight excluding hydrogens is 288 g/mol. The molecule has 0 bridgehead atoms. The van der Waals surface area contributed by atoms with Gasteiger partial charge in [0.15, 0.2) is 0 Å². The van der Waals surface area contributed by atoms with Crippen LogP contribution in [-0.2, 0) is 0 Å². The summed E-state index contributed by atoms with van der Waals surface area (Å²) < 4.78 is 27.7. The number of hydrogen-bond donors (Lipinski definition) is 3. The van der Waals surface area contributed by atoms with Crippen LogP contribution in [0.2, 0.25) is 0 Å². The van der Waals surface area contributed by atoms with Gasteiger partial charge < -0.3 is 16.4 Å². The molecule has 0 aliphatic rings. The molecule has 0 heterocycles. The molecule has 2 rings (SSSR count). The van der Waals surface area contributed by atoms with Crippen LogP contribution < -0.4 is 16.4 Å². The molecule has 22 heavy (non-hydrogen) atoms. The van der Waals surface area contributed by atoms with Gasteiger partial charge in [0.05, 0.1) is 0 Å². The maximum absolute atomic E-state index is 14.2. The molecular formula is C16H17F2N3O. The second-order valence-corrected chi connectivity index (χ2v) is 4.78. The molecule has 0 atom stereocenters. The first-order valence-corrected chi connectivity index (χ1v) is 6.80. The van der Waals surface area contributed by atoms with Gasteiger partial charge in [-0.3, -0.25) is 4.79 Å². The zero-order valence-electron chi connectivity index (χ0n) is 12.1. The van der Waals surface area contributed by atoms with Gasteiger partial charge in [-0.1, -0.05) is 6.07 Å². The third kappa shape index (κ3) is 3.59. The standard InChI is InChI=1S/C16H17F2N3O/c1-20-6-7-21-15-9-11(17)3-5-13(15)12-4-2-10(16(19)22)8-14(12)18/h2-5,8-9,20-21H,6-7H2,1H3,(H2,19,22). The minimum absolute atomic E-state index is 0.0908. The first-order chi connectivity index (χ1) is 10.5. The van der Waals surface area contributed by atoms with Gasteiger partial charge >= 0.3 is 0 Å². The van der Waals surface area contributed by atoms with Crippen molar-refractivity contribution in [1.82, 2.24) is 5.32 Å². The smallest absolute Gasteiger partial charge is 0.248 e. The van der Waals surface area contributed by atoms with Crippen molar-refractivity contribution in [2.75, 3.05) is 25.5 Å². The van der Waals surface area contributed by atoms with Gasteiger partial charge in [0, 0.05) is 35.5 Å². The van der Waals surface area contributed by atoms with Crippen LogP contribution in [0.5, 0.6) is 0 Å². The Kier molecular flexibility index (Phi) is 5.06. The number of carbonyl (C=O) groups is 1. The minimum Gasteiger partial charge on any atom is -0.383 e. The van der Waals surface area contributed by atoms with E-state index in [0.29, 0.717) is 24.3 Å². The van der Waals surface area contributed by atoms with Crippen LogP contribution >= 0.6 is 0 Å². The maximum Gasteiger partial charge on any atom is 0.248 e. The van der Waals surface area contributed by atoms with Crippen molar-refractivity contribution in [2.24, 2.45) is 5.73 Å². The highest BCUT2D eigenvalue weighted by Crippen LogP contribution is 2.31. The number of halogens is 2. The van der Waals surface area contributed by atoms with Gasteiger partial charge in [0.25, 0.3) is 0 Å². The van der Waals surface area contributed by atoms with Crippen molar-refractivity contribution in [3.63, 3.8) is 0 Å². The molecule has 4 N–H and O–H groups in total. The van der Waals surface area contributed by atoms with Crippen LogP contribution in [0.1, 0.15) is 10.4 Å². The Morgan fingerprint density at radius 1 is 1.09 bits per heavy atom. The van der Waals surface area contributed by atoms with Crippen molar-refractivity contribution in [1.29, 1.82) is 0 Å². The largest absolute Gasteiger partial charge is 0.383 e. The minimum atomic E-state index is -0.697. The lowest BCUT2D eigenvalue weighted by atomic mass is 10.0. The molecule has 0 fully saturated rings. The lowest BCUT2D eigenvalue weighted by Crippen LogP contribution is -2.18. The quantitative estimate of drug-likeness (QED) is 0.718. The van der Waals surface area contributed by atoms with Crippen LogP contribution in [0.4, 0.5) is 14.5 Å². The molecule has 0 spiro atoms. The van der Waals surface area contributed by atoms with Crippen LogP contribution in [0, 0.1) is 11.6 Å². The predicted molar refractivity (Wildman–Crippen MR) is 82.7 cm³/mol. The summed E-state index contributed by atoms with van der Waals surface area (Å²) in [6, 6.07) is 8.07. The Hall–Kier alpha value is -2.47. The number of benzene rings is 2. The highest BCUT2D eigenvalue weighted by atomic mass is 19.1. The number of nitrogens with one attached hydrogen (secondary N) is 2. The topological polar surface area (TPSA) is 67.2 Å². The third-order valence-electron chi connectivity index (χ3n) is 3.22. The summed E-state index contributed by atoms with van der Waals surface area (Å²) in [7, 11) is 1.80. The van der Waals surface area contributed by atoms with Gasteiger partial charge in [-0.25, -0.2) is 8.78 Å². The Balaban J connectivity index is 2.41. The van der Waals surface area contributed by atoms with Gasteiger partial charge in [-0.15, -0.1) is 0 Å². The van der Waals surface area contributed by atoms with Crippen LogP contribution in [0.15, 0.2) is 36.4 Å². The molecule has 0 aliphatic heterocycles. The van der Waals surface area contributed by atoms with Crippen molar-refractivity contribution in [2.45, 2.75) is 0 Å². The average molecular weight is 305 g/mol. The molecule has 6 heteroatoms. The van der Waals surface area contributed by atoms with E-state index in [1.807, 2.05) is 0 Å². The fraction of sp³-hybridized carbons (Fsp3) is 0.188. The van der Waals surface area contributed by atoms with E-state index in [1.165, 1.54) is 30.3 Å². The predicted octanol–water partition coefficient (Wildman–Crippen LogP) is 2.36. The van der Waals surface area contributed by atoms with E-state index in [1.54, 1.807) is 7.05 Å². The first kappa shape index (κ1) is 15.9. The van der Waals surface area contributed by atoms with E-state index in [0.717, 1.165) is 6.07 Å². The number of hydrogen-bond acceptors (Lipinski definition) is 3. The van der Waals surface area contributed by atoms with Crippen LogP contribution in [0.3, 0.4) is 0 Å². The molecule has 1 amide bonds. The van der Waals surface area contributed by atoms with E-state index in [2.05, 4.69) is 10.6 Å². The molecule has 2 aromatic carbocycles. The number of rotatable bonds is 6. The van der Waals surface area contributed by atoms with Crippen molar-refractivity contribution in [3.05, 3.63) is 53.6 Å². The lowest BCUT2D eigenvalue weighted by Gasteiger charge is -2.13. The summed E-state index contributed by atoms with van der Waals surface area (Å²) in [5, 5.41) is 6.02. The number of amides is 1. The third-order valence-corrected chi connectivity index (χ3v) is 3.22. The second-order valence-electron chi connectivity index (χ2n) is 4.78. The SMILES string of the molecule is CNCCNc1cc(F)ccc1-c1ccc(C(N)=O)cc1F. The Bertz CT molecular complexity index is 689. The van der Waals surface area contributed by atoms with Crippen molar-refractivity contribution in [3.8, 4) is 11.1 Å². The first-order valence-electron chi connectivity index (χ1n) is 6.80. The Morgan fingerprint density at radius 2 is 1.82 bits per heavy atom. The van der Waals surface area contributed by atoms with E-state index < -0.39 is 17.5 Å². The Morgan fingerprint density at radius 3 is 2.45 bits per heavy atom. The highest BCUT2D eigenvalue weighted by Gasteiger charge is 2.13. The van der Waals surface area contributed by atoms with Gasteiger partial charge in [0.1, 0.15) is 11.6 Å². The summed E-state index contributed by atoms with van der Waals surface area (Å²) >= 11 is 0. The summed E-state index contributed by atoms with van der Waals surface area (Å²) in [5.74, 6) is -1.69. The van der Waals surface area contributed by atoms with Gasteiger partial charge in [-0.2, -0.15) is 0 Å². The lowest BCUT2D eigenvalue weighted by molar-refractivity contribution is 0.1000. The normalized spacial score (nSPS) is 10.5. The molecule has 0 unspecified atom stereocenters. The maximum atomic E-state index is 14.2. The highest BCUT2D eigenvalue weighted by molar-refractivity contribution is 5.93.